The maximum atomic E-state index is 12.0. The topological polar surface area (TPSA) is 40.5 Å². The van der Waals surface area contributed by atoms with Crippen LogP contribution < -0.4 is 4.90 Å². The molecule has 0 aliphatic heterocycles. The van der Waals surface area contributed by atoms with Gasteiger partial charge in [0.05, 0.1) is 11.1 Å². The quantitative estimate of drug-likeness (QED) is 0.650. The molecule has 0 amide bonds. The molecule has 0 saturated heterocycles. The number of aliphatic hydroxyl groups excluding tert-OH is 1. The fraction of sp³-hybridized carbons (Fsp3) is 0.320. The van der Waals surface area contributed by atoms with Crippen molar-refractivity contribution in [2.24, 2.45) is 0 Å². The predicted octanol–water partition coefficient (Wildman–Crippen LogP) is 6.18. The molecule has 2 aliphatic rings. The highest BCUT2D eigenvalue weighted by molar-refractivity contribution is 6.38. The van der Waals surface area contributed by atoms with Gasteiger partial charge >= 0.3 is 0 Å². The Labute approximate surface area is 167 Å². The summed E-state index contributed by atoms with van der Waals surface area (Å²) in [5.41, 5.74) is 6.27. The molecule has 3 nitrogen and oxygen atoms in total. The maximum Gasteiger partial charge on any atom is 0.200 e. The van der Waals surface area contributed by atoms with E-state index in [1.165, 1.54) is 48.9 Å². The molecule has 2 aromatic carbocycles. The van der Waals surface area contributed by atoms with Gasteiger partial charge in [-0.1, -0.05) is 55.7 Å². The second-order valence-electron chi connectivity index (χ2n) is 8.03. The minimum Gasteiger partial charge on any atom is -0.506 e. The monoisotopic (exact) mass is 373 g/mol. The number of benzene rings is 2. The third-order valence-electron chi connectivity index (χ3n) is 6.01. The van der Waals surface area contributed by atoms with Crippen LogP contribution >= 0.6 is 0 Å². The summed E-state index contributed by atoms with van der Waals surface area (Å²) >= 11 is 0. The summed E-state index contributed by atoms with van der Waals surface area (Å²) in [5.74, 6) is -0.139. The number of Topliss-reactive ketones (excluding diaryl/α,β-unsaturated/α-hetero) is 1. The Balaban J connectivity index is 1.72. The summed E-state index contributed by atoms with van der Waals surface area (Å²) in [7, 11) is 0. The summed E-state index contributed by atoms with van der Waals surface area (Å²) in [4.78, 5) is 14.5. The van der Waals surface area contributed by atoms with Crippen LogP contribution in [0.1, 0.15) is 48.8 Å². The second-order valence-corrected chi connectivity index (χ2v) is 8.03. The highest BCUT2D eigenvalue weighted by Crippen LogP contribution is 2.39. The minimum atomic E-state index is -0.163. The fourth-order valence-corrected chi connectivity index (χ4v) is 4.47. The van der Waals surface area contributed by atoms with Crippen molar-refractivity contribution in [1.29, 1.82) is 0 Å². The smallest absolute Gasteiger partial charge is 0.200 e. The van der Waals surface area contributed by atoms with Gasteiger partial charge in [-0.25, -0.2) is 0 Å². The zero-order valence-corrected chi connectivity index (χ0v) is 16.7. The summed E-state index contributed by atoms with van der Waals surface area (Å²) < 4.78 is 0. The van der Waals surface area contributed by atoms with E-state index in [9.17, 15) is 9.90 Å². The molecule has 0 atom stereocenters. The van der Waals surface area contributed by atoms with Crippen molar-refractivity contribution in [3.63, 3.8) is 0 Å². The Hall–Kier alpha value is -2.81. The summed E-state index contributed by atoms with van der Waals surface area (Å²) in [6.45, 7) is 7.90. The van der Waals surface area contributed by atoms with Crippen molar-refractivity contribution in [3.05, 3.63) is 77.1 Å². The lowest BCUT2D eigenvalue weighted by molar-refractivity contribution is -0.111. The molecule has 2 aliphatic carbocycles. The Morgan fingerprint density at radius 3 is 2.29 bits per heavy atom. The van der Waals surface area contributed by atoms with E-state index >= 15 is 0 Å². The van der Waals surface area contributed by atoms with Gasteiger partial charge in [-0.05, 0) is 56.0 Å². The summed E-state index contributed by atoms with van der Waals surface area (Å²) in [5, 5.41) is 9.97. The van der Waals surface area contributed by atoms with E-state index < -0.39 is 0 Å². The molecule has 1 fully saturated rings. The number of ketones is 1. The van der Waals surface area contributed by atoms with Gasteiger partial charge in [0, 0.05) is 17.4 Å². The van der Waals surface area contributed by atoms with Gasteiger partial charge in [-0.15, -0.1) is 0 Å². The van der Waals surface area contributed by atoms with Gasteiger partial charge in [0.15, 0.2) is 0 Å². The van der Waals surface area contributed by atoms with Gasteiger partial charge in [0.25, 0.3) is 0 Å². The van der Waals surface area contributed by atoms with Crippen molar-refractivity contribution >= 4 is 22.7 Å². The van der Waals surface area contributed by atoms with E-state index in [1.54, 1.807) is 0 Å². The molecule has 144 valence electrons. The lowest BCUT2D eigenvalue weighted by Crippen LogP contribution is -2.33. The Bertz CT molecular complexity index is 963. The van der Waals surface area contributed by atoms with Crippen LogP contribution in [0.15, 0.2) is 60.4 Å². The van der Waals surface area contributed by atoms with Crippen LogP contribution in [-0.4, -0.2) is 16.9 Å². The second kappa shape index (κ2) is 7.31. The molecule has 0 bridgehead atoms. The molecule has 4 rings (SSSR count). The largest absolute Gasteiger partial charge is 0.506 e. The number of hydrogen-bond acceptors (Lipinski definition) is 3. The van der Waals surface area contributed by atoms with E-state index in [0.717, 1.165) is 11.3 Å². The van der Waals surface area contributed by atoms with Gasteiger partial charge in [0.2, 0.25) is 5.78 Å². The molecule has 0 spiro atoms. The molecule has 0 aromatic heterocycles. The van der Waals surface area contributed by atoms with Gasteiger partial charge in [-0.2, -0.15) is 0 Å². The van der Waals surface area contributed by atoms with Crippen LogP contribution in [-0.2, 0) is 4.79 Å². The van der Waals surface area contributed by atoms with Crippen LogP contribution in [0, 0.1) is 13.8 Å². The van der Waals surface area contributed by atoms with Gasteiger partial charge in [0.1, 0.15) is 5.76 Å². The average Bonchev–Trinajstić information content (AvgIpc) is 2.71. The Morgan fingerprint density at radius 2 is 1.68 bits per heavy atom. The molecule has 0 heterocycles. The molecule has 1 saturated carbocycles. The van der Waals surface area contributed by atoms with Crippen molar-refractivity contribution in [3.8, 4) is 0 Å². The molecular weight excluding hydrogens is 346 g/mol. The molecule has 2 aromatic rings. The highest BCUT2D eigenvalue weighted by Gasteiger charge is 2.33. The number of nitrogens with zero attached hydrogens (tertiary/aromatic N) is 1. The van der Waals surface area contributed by atoms with E-state index in [0.29, 0.717) is 11.6 Å². The molecule has 0 unspecified atom stereocenters. The number of carbonyl (C=O) groups is 1. The van der Waals surface area contributed by atoms with Gasteiger partial charge in [-0.3, -0.25) is 4.79 Å². The maximum absolute atomic E-state index is 12.0. The number of aliphatic hydroxyl groups is 1. The van der Waals surface area contributed by atoms with E-state index in [4.69, 9.17) is 0 Å². The van der Waals surface area contributed by atoms with Crippen molar-refractivity contribution in [1.82, 2.24) is 0 Å². The third-order valence-corrected chi connectivity index (χ3v) is 6.01. The van der Waals surface area contributed by atoms with Crippen molar-refractivity contribution in [2.75, 3.05) is 4.90 Å². The summed E-state index contributed by atoms with van der Waals surface area (Å²) in [6, 6.07) is 15.1. The number of anilines is 2. The first-order chi connectivity index (χ1) is 13.5. The first-order valence-corrected chi connectivity index (χ1v) is 10.1. The molecule has 28 heavy (non-hydrogen) atoms. The SMILES string of the molecule is C=C1C(=O)C(c2ccc(N(c3ccc(C)cc3C)C3CCCCC3)cc2)=C1O. The van der Waals surface area contributed by atoms with E-state index in [-0.39, 0.29) is 17.1 Å². The van der Waals surface area contributed by atoms with Crippen LogP contribution in [0.4, 0.5) is 11.4 Å². The van der Waals surface area contributed by atoms with Crippen LogP contribution in [0.2, 0.25) is 0 Å². The van der Waals surface area contributed by atoms with Crippen molar-refractivity contribution < 1.29 is 9.90 Å². The van der Waals surface area contributed by atoms with E-state index in [1.807, 2.05) is 12.1 Å². The standard InChI is InChI=1S/C25H27NO2/c1-16-9-14-22(17(2)15-16)26(20-7-5-4-6-8-20)21-12-10-19(11-13-21)23-24(27)18(3)25(23)28/h9-15,20,27H,3-8H2,1-2H3. The zero-order chi connectivity index (χ0) is 19.8. The first kappa shape index (κ1) is 18.5. The molecule has 0 radical (unpaired) electrons. The van der Waals surface area contributed by atoms with Crippen LogP contribution in [0.3, 0.4) is 0 Å². The highest BCUT2D eigenvalue weighted by atomic mass is 16.3. The van der Waals surface area contributed by atoms with Crippen LogP contribution in [0.5, 0.6) is 0 Å². The number of carbonyl (C=O) groups excluding carboxylic acids is 1. The van der Waals surface area contributed by atoms with Crippen molar-refractivity contribution in [2.45, 2.75) is 52.0 Å². The fourth-order valence-electron chi connectivity index (χ4n) is 4.47. The molecular formula is C25H27NO2. The van der Waals surface area contributed by atoms with E-state index in [2.05, 4.69) is 55.7 Å². The number of aryl methyl sites for hydroxylation is 2. The number of allylic oxidation sites excluding steroid dienone is 2. The normalized spacial score (nSPS) is 17.6. The third kappa shape index (κ3) is 3.15. The summed E-state index contributed by atoms with van der Waals surface area (Å²) in [6.07, 6.45) is 6.23. The first-order valence-electron chi connectivity index (χ1n) is 10.1. The zero-order valence-electron chi connectivity index (χ0n) is 16.7. The Kier molecular flexibility index (Phi) is 4.84. The minimum absolute atomic E-state index is 0.0243. The molecule has 3 heteroatoms. The molecule has 1 N–H and O–H groups in total. The lowest BCUT2D eigenvalue weighted by atomic mass is 9.84. The average molecular weight is 373 g/mol. The predicted molar refractivity (Wildman–Crippen MR) is 115 cm³/mol. The number of hydrogen-bond donors (Lipinski definition) is 1. The van der Waals surface area contributed by atoms with Gasteiger partial charge < -0.3 is 10.0 Å². The lowest BCUT2D eigenvalue weighted by Gasteiger charge is -2.37. The Morgan fingerprint density at radius 1 is 1.00 bits per heavy atom. The number of rotatable bonds is 4. The van der Waals surface area contributed by atoms with Crippen LogP contribution in [0.25, 0.3) is 5.57 Å².